The van der Waals surface area contributed by atoms with Gasteiger partial charge in [0, 0.05) is 37.6 Å². The number of anilines is 2. The summed E-state index contributed by atoms with van der Waals surface area (Å²) in [4.78, 5) is 16.2. The predicted octanol–water partition coefficient (Wildman–Crippen LogP) is 2.71. The van der Waals surface area contributed by atoms with Crippen LogP contribution in [-0.4, -0.2) is 47.9 Å². The molecular weight excluding hydrogens is 324 g/mol. The second kappa shape index (κ2) is 7.25. The Balaban J connectivity index is 1.97. The molecule has 0 unspecified atom stereocenters. The van der Waals surface area contributed by atoms with Gasteiger partial charge in [0.25, 0.3) is 0 Å². The minimum atomic E-state index is -0.461. The lowest BCUT2D eigenvalue weighted by Crippen LogP contribution is -2.50. The molecule has 1 aromatic rings. The van der Waals surface area contributed by atoms with Crippen molar-refractivity contribution in [3.63, 3.8) is 0 Å². The number of piperazine rings is 1. The van der Waals surface area contributed by atoms with Crippen molar-refractivity contribution in [2.75, 3.05) is 36.4 Å². The van der Waals surface area contributed by atoms with E-state index in [4.69, 9.17) is 22.7 Å². The number of hydrogen-bond acceptors (Lipinski definition) is 4. The van der Waals surface area contributed by atoms with E-state index in [1.54, 1.807) is 4.90 Å². The number of nitrogens with zero attached hydrogens (tertiary/aromatic N) is 2. The van der Waals surface area contributed by atoms with Crippen LogP contribution in [0.2, 0.25) is 0 Å². The zero-order chi connectivity index (χ0) is 17.9. The SMILES string of the molecule is Cc1cc(NC(N)=S)ccc1N1CCN(C(=O)OC(C)(C)C)CC1. The molecule has 0 bridgehead atoms. The lowest BCUT2D eigenvalue weighted by atomic mass is 10.1. The zero-order valence-electron chi connectivity index (χ0n) is 14.8. The first-order valence-corrected chi connectivity index (χ1v) is 8.46. The minimum Gasteiger partial charge on any atom is -0.444 e. The maximum atomic E-state index is 12.1. The van der Waals surface area contributed by atoms with E-state index in [1.807, 2.05) is 32.9 Å². The average molecular weight is 350 g/mol. The fraction of sp³-hybridized carbons (Fsp3) is 0.529. The van der Waals surface area contributed by atoms with Crippen molar-refractivity contribution in [2.24, 2.45) is 5.73 Å². The highest BCUT2D eigenvalue weighted by Gasteiger charge is 2.26. The van der Waals surface area contributed by atoms with Crippen molar-refractivity contribution in [2.45, 2.75) is 33.3 Å². The largest absolute Gasteiger partial charge is 0.444 e. The summed E-state index contributed by atoms with van der Waals surface area (Å²) in [7, 11) is 0. The molecule has 0 aliphatic carbocycles. The van der Waals surface area contributed by atoms with E-state index in [2.05, 4.69) is 23.2 Å². The minimum absolute atomic E-state index is 0.241. The van der Waals surface area contributed by atoms with E-state index >= 15 is 0 Å². The van der Waals surface area contributed by atoms with Gasteiger partial charge in [0.05, 0.1) is 0 Å². The summed E-state index contributed by atoms with van der Waals surface area (Å²) >= 11 is 4.86. The number of hydrogen-bond donors (Lipinski definition) is 2. The van der Waals surface area contributed by atoms with Crippen LogP contribution in [0.25, 0.3) is 0 Å². The van der Waals surface area contributed by atoms with Crippen LogP contribution >= 0.6 is 12.2 Å². The fourth-order valence-corrected chi connectivity index (χ4v) is 2.80. The van der Waals surface area contributed by atoms with Crippen LogP contribution in [0.3, 0.4) is 0 Å². The van der Waals surface area contributed by atoms with Crippen molar-refractivity contribution < 1.29 is 9.53 Å². The van der Waals surface area contributed by atoms with Crippen molar-refractivity contribution in [1.29, 1.82) is 0 Å². The van der Waals surface area contributed by atoms with E-state index in [9.17, 15) is 4.79 Å². The number of amides is 1. The first kappa shape index (κ1) is 18.3. The van der Waals surface area contributed by atoms with Gasteiger partial charge in [0.15, 0.2) is 5.11 Å². The Kier molecular flexibility index (Phi) is 5.54. The molecule has 1 amide bonds. The molecule has 6 nitrogen and oxygen atoms in total. The third-order valence-electron chi connectivity index (χ3n) is 3.74. The number of nitrogens with two attached hydrogens (primary N) is 1. The van der Waals surface area contributed by atoms with Crippen molar-refractivity contribution >= 4 is 34.8 Å². The highest BCUT2D eigenvalue weighted by molar-refractivity contribution is 7.80. The number of carbonyl (C=O) groups is 1. The molecule has 0 aromatic heterocycles. The van der Waals surface area contributed by atoms with E-state index in [-0.39, 0.29) is 11.2 Å². The number of aryl methyl sites for hydroxylation is 1. The maximum Gasteiger partial charge on any atom is 0.410 e. The highest BCUT2D eigenvalue weighted by Crippen LogP contribution is 2.25. The van der Waals surface area contributed by atoms with Gasteiger partial charge in [-0.25, -0.2) is 4.79 Å². The summed E-state index contributed by atoms with van der Waals surface area (Å²) < 4.78 is 5.43. The Morgan fingerprint density at radius 2 is 1.88 bits per heavy atom. The number of rotatable bonds is 2. The molecule has 3 N–H and O–H groups in total. The summed E-state index contributed by atoms with van der Waals surface area (Å²) in [6.45, 7) is 10.6. The molecule has 1 saturated heterocycles. The van der Waals surface area contributed by atoms with Crippen LogP contribution in [-0.2, 0) is 4.74 Å². The van der Waals surface area contributed by atoms with Crippen molar-refractivity contribution in [3.8, 4) is 0 Å². The predicted molar refractivity (Wildman–Crippen MR) is 102 cm³/mol. The van der Waals surface area contributed by atoms with Crippen molar-refractivity contribution in [3.05, 3.63) is 23.8 Å². The molecule has 1 aliphatic rings. The van der Waals surface area contributed by atoms with Gasteiger partial charge in [-0.05, 0) is 63.7 Å². The zero-order valence-corrected chi connectivity index (χ0v) is 15.6. The molecule has 0 saturated carbocycles. The molecule has 7 heteroatoms. The quantitative estimate of drug-likeness (QED) is 0.799. The number of carbonyl (C=O) groups excluding carboxylic acids is 1. The second-order valence-electron chi connectivity index (χ2n) is 6.94. The van der Waals surface area contributed by atoms with E-state index in [1.165, 1.54) is 0 Å². The van der Waals surface area contributed by atoms with E-state index in [0.717, 1.165) is 30.0 Å². The molecule has 24 heavy (non-hydrogen) atoms. The van der Waals surface area contributed by atoms with Gasteiger partial charge >= 0.3 is 6.09 Å². The van der Waals surface area contributed by atoms with Gasteiger partial charge in [-0.15, -0.1) is 0 Å². The lowest BCUT2D eigenvalue weighted by molar-refractivity contribution is 0.0240. The first-order valence-electron chi connectivity index (χ1n) is 8.06. The summed E-state index contributed by atoms with van der Waals surface area (Å²) in [6, 6.07) is 6.04. The normalized spacial score (nSPS) is 15.2. The molecule has 1 heterocycles. The molecule has 0 radical (unpaired) electrons. The van der Waals surface area contributed by atoms with Crippen LogP contribution in [0.1, 0.15) is 26.3 Å². The Labute approximate surface area is 148 Å². The highest BCUT2D eigenvalue weighted by atomic mass is 32.1. The summed E-state index contributed by atoms with van der Waals surface area (Å²) in [5, 5.41) is 3.20. The average Bonchev–Trinajstić information content (AvgIpc) is 2.45. The van der Waals surface area contributed by atoms with Crippen molar-refractivity contribution in [1.82, 2.24) is 4.90 Å². The molecule has 1 aromatic carbocycles. The monoisotopic (exact) mass is 350 g/mol. The van der Waals surface area contributed by atoms with Gasteiger partial charge in [0.2, 0.25) is 0 Å². The third kappa shape index (κ3) is 4.99. The first-order chi connectivity index (χ1) is 11.2. The van der Waals surface area contributed by atoms with Crippen LogP contribution in [0.5, 0.6) is 0 Å². The standard InChI is InChI=1S/C17H26N4O2S/c1-12-11-13(19-15(18)24)5-6-14(12)20-7-9-21(10-8-20)16(22)23-17(2,3)4/h5-6,11H,7-10H2,1-4H3,(H3,18,19,24). The lowest BCUT2D eigenvalue weighted by Gasteiger charge is -2.37. The molecular formula is C17H26N4O2S. The molecule has 1 aliphatic heterocycles. The van der Waals surface area contributed by atoms with Crippen LogP contribution in [0, 0.1) is 6.92 Å². The molecule has 0 spiro atoms. The van der Waals surface area contributed by atoms with Gasteiger partial charge in [-0.3, -0.25) is 0 Å². The van der Waals surface area contributed by atoms with E-state index < -0.39 is 5.60 Å². The topological polar surface area (TPSA) is 70.8 Å². The van der Waals surface area contributed by atoms with Crippen LogP contribution < -0.4 is 16.0 Å². The summed E-state index contributed by atoms with van der Waals surface area (Å²) in [6.07, 6.45) is -0.241. The van der Waals surface area contributed by atoms with Crippen LogP contribution in [0.4, 0.5) is 16.2 Å². The Bertz CT molecular complexity index is 620. The summed E-state index contributed by atoms with van der Waals surface area (Å²) in [5.74, 6) is 0. The van der Waals surface area contributed by atoms with Gasteiger partial charge in [-0.2, -0.15) is 0 Å². The molecule has 0 atom stereocenters. The number of ether oxygens (including phenoxy) is 1. The smallest absolute Gasteiger partial charge is 0.410 e. The Morgan fingerprint density at radius 3 is 2.38 bits per heavy atom. The number of benzene rings is 1. The Morgan fingerprint density at radius 1 is 1.25 bits per heavy atom. The number of nitrogens with one attached hydrogen (secondary N) is 1. The van der Waals surface area contributed by atoms with Crippen LogP contribution in [0.15, 0.2) is 18.2 Å². The van der Waals surface area contributed by atoms with Gasteiger partial charge in [-0.1, -0.05) is 0 Å². The van der Waals surface area contributed by atoms with Gasteiger partial charge in [0.1, 0.15) is 5.60 Å². The fourth-order valence-electron chi connectivity index (χ4n) is 2.69. The Hall–Kier alpha value is -2.02. The third-order valence-corrected chi connectivity index (χ3v) is 3.84. The van der Waals surface area contributed by atoms with Gasteiger partial charge < -0.3 is 25.6 Å². The van der Waals surface area contributed by atoms with E-state index in [0.29, 0.717) is 13.1 Å². The molecule has 1 fully saturated rings. The second-order valence-corrected chi connectivity index (χ2v) is 7.38. The summed E-state index contributed by atoms with van der Waals surface area (Å²) in [5.41, 5.74) is 8.23. The number of thiocarbonyl (C=S) groups is 1. The maximum absolute atomic E-state index is 12.1. The molecule has 2 rings (SSSR count). The molecule has 132 valence electrons.